The zero-order valence-corrected chi connectivity index (χ0v) is 17.2. The first-order valence-corrected chi connectivity index (χ1v) is 9.78. The lowest BCUT2D eigenvalue weighted by Gasteiger charge is -2.06. The molecule has 3 aromatic rings. The highest BCUT2D eigenvalue weighted by molar-refractivity contribution is 7.16. The summed E-state index contributed by atoms with van der Waals surface area (Å²) in [6, 6.07) is 5.64. The Labute approximate surface area is 166 Å². The fourth-order valence-electron chi connectivity index (χ4n) is 2.95. The quantitative estimate of drug-likeness (QED) is 0.643. The van der Waals surface area contributed by atoms with Gasteiger partial charge in [-0.05, 0) is 32.0 Å². The van der Waals surface area contributed by atoms with Crippen LogP contribution in [0.3, 0.4) is 0 Å². The first kappa shape index (κ1) is 20.0. The maximum atomic E-state index is 12.8. The second kappa shape index (κ2) is 8.49. The molecule has 0 saturated carbocycles. The second-order valence-electron chi connectivity index (χ2n) is 6.31. The van der Waals surface area contributed by atoms with Gasteiger partial charge in [0.15, 0.2) is 4.80 Å². The van der Waals surface area contributed by atoms with Crippen molar-refractivity contribution >= 4 is 39.1 Å². The molecular weight excluding hydrogens is 378 g/mol. The Bertz CT molecular complexity index is 1070. The van der Waals surface area contributed by atoms with Crippen LogP contribution in [-0.4, -0.2) is 39.4 Å². The number of nitrogens with zero attached hydrogens (tertiary/aromatic N) is 4. The van der Waals surface area contributed by atoms with Gasteiger partial charge in [0.2, 0.25) is 5.91 Å². The van der Waals surface area contributed by atoms with Crippen LogP contribution in [0.5, 0.6) is 0 Å². The van der Waals surface area contributed by atoms with Crippen LogP contribution in [0.25, 0.3) is 10.2 Å². The lowest BCUT2D eigenvalue weighted by Crippen LogP contribution is -2.20. The maximum absolute atomic E-state index is 12.8. The van der Waals surface area contributed by atoms with Crippen molar-refractivity contribution in [1.82, 2.24) is 14.3 Å². The van der Waals surface area contributed by atoms with Crippen LogP contribution in [0.2, 0.25) is 0 Å². The molecule has 1 N–H and O–H groups in total. The highest BCUT2D eigenvalue weighted by Crippen LogP contribution is 2.22. The number of ether oxygens (including phenoxy) is 1. The number of amides is 2. The summed E-state index contributed by atoms with van der Waals surface area (Å²) in [5, 5.41) is 6.90. The van der Waals surface area contributed by atoms with E-state index in [1.807, 2.05) is 36.6 Å². The smallest absolute Gasteiger partial charge is 0.298 e. The van der Waals surface area contributed by atoms with Gasteiger partial charge in [-0.25, -0.2) is 0 Å². The third-order valence-corrected chi connectivity index (χ3v) is 5.23. The predicted octanol–water partition coefficient (Wildman–Crippen LogP) is 2.48. The van der Waals surface area contributed by atoms with Gasteiger partial charge >= 0.3 is 0 Å². The number of fused-ring (bicyclic) bond motifs is 1. The SMILES string of the molecule is CCOCCn1c(=NC(=O)c2c(C)cnn2C)sc2cc(NC(C)=O)ccc21. The molecule has 0 aliphatic heterocycles. The third kappa shape index (κ3) is 4.20. The van der Waals surface area contributed by atoms with Crippen molar-refractivity contribution in [3.05, 3.63) is 40.5 Å². The minimum absolute atomic E-state index is 0.132. The minimum atomic E-state index is -0.337. The van der Waals surface area contributed by atoms with Gasteiger partial charge in [0.25, 0.3) is 5.91 Å². The van der Waals surface area contributed by atoms with Crippen LogP contribution in [0.4, 0.5) is 5.69 Å². The van der Waals surface area contributed by atoms with Gasteiger partial charge in [-0.3, -0.25) is 14.3 Å². The highest BCUT2D eigenvalue weighted by atomic mass is 32.1. The van der Waals surface area contributed by atoms with Crippen molar-refractivity contribution in [3.63, 3.8) is 0 Å². The van der Waals surface area contributed by atoms with E-state index in [-0.39, 0.29) is 11.8 Å². The fourth-order valence-corrected chi connectivity index (χ4v) is 4.04. The van der Waals surface area contributed by atoms with E-state index >= 15 is 0 Å². The Morgan fingerprint density at radius 3 is 2.79 bits per heavy atom. The molecule has 0 spiro atoms. The van der Waals surface area contributed by atoms with Crippen LogP contribution in [-0.2, 0) is 23.1 Å². The Kier molecular flexibility index (Phi) is 6.05. The summed E-state index contributed by atoms with van der Waals surface area (Å²) < 4.78 is 9.92. The van der Waals surface area contributed by atoms with Gasteiger partial charge in [0.05, 0.1) is 23.0 Å². The summed E-state index contributed by atoms with van der Waals surface area (Å²) in [4.78, 5) is 29.1. The van der Waals surface area contributed by atoms with Gasteiger partial charge in [-0.2, -0.15) is 10.1 Å². The molecule has 8 nitrogen and oxygen atoms in total. The van der Waals surface area contributed by atoms with E-state index in [2.05, 4.69) is 15.4 Å². The molecule has 2 aromatic heterocycles. The number of hydrogen-bond donors (Lipinski definition) is 1. The molecular formula is C19H23N5O3S. The molecule has 0 saturated heterocycles. The van der Waals surface area contributed by atoms with Crippen LogP contribution < -0.4 is 10.1 Å². The van der Waals surface area contributed by atoms with E-state index in [9.17, 15) is 9.59 Å². The van der Waals surface area contributed by atoms with E-state index in [0.717, 1.165) is 15.8 Å². The standard InChI is InChI=1S/C19H23N5O3S/c1-5-27-9-8-24-15-7-6-14(21-13(3)25)10-16(15)28-19(24)22-18(26)17-12(2)11-20-23(17)4/h6-7,10-11H,5,8-9H2,1-4H3,(H,21,25). The molecule has 0 atom stereocenters. The monoisotopic (exact) mass is 401 g/mol. The molecule has 0 unspecified atom stereocenters. The number of carbonyl (C=O) groups excluding carboxylic acids is 2. The van der Waals surface area contributed by atoms with Crippen LogP contribution in [0.15, 0.2) is 29.4 Å². The van der Waals surface area contributed by atoms with E-state index in [1.165, 1.54) is 22.9 Å². The largest absolute Gasteiger partial charge is 0.380 e. The molecule has 0 radical (unpaired) electrons. The van der Waals surface area contributed by atoms with Crippen LogP contribution in [0.1, 0.15) is 29.9 Å². The molecule has 28 heavy (non-hydrogen) atoms. The number of aromatic nitrogens is 3. The van der Waals surface area contributed by atoms with Crippen molar-refractivity contribution < 1.29 is 14.3 Å². The summed E-state index contributed by atoms with van der Waals surface area (Å²) in [6.07, 6.45) is 1.65. The number of hydrogen-bond acceptors (Lipinski definition) is 5. The lowest BCUT2D eigenvalue weighted by atomic mass is 10.2. The van der Waals surface area contributed by atoms with Crippen molar-refractivity contribution in [2.24, 2.45) is 12.0 Å². The number of thiazole rings is 1. The predicted molar refractivity (Wildman–Crippen MR) is 108 cm³/mol. The number of carbonyl (C=O) groups is 2. The number of benzene rings is 1. The number of aryl methyl sites for hydroxylation is 2. The van der Waals surface area contributed by atoms with E-state index in [0.29, 0.717) is 35.9 Å². The molecule has 2 amide bonds. The molecule has 0 bridgehead atoms. The van der Waals surface area contributed by atoms with Crippen LogP contribution in [0, 0.1) is 6.92 Å². The van der Waals surface area contributed by atoms with Crippen molar-refractivity contribution in [3.8, 4) is 0 Å². The summed E-state index contributed by atoms with van der Waals surface area (Å²) in [7, 11) is 1.73. The maximum Gasteiger partial charge on any atom is 0.298 e. The van der Waals surface area contributed by atoms with Crippen molar-refractivity contribution in [2.45, 2.75) is 27.3 Å². The Morgan fingerprint density at radius 2 is 2.14 bits per heavy atom. The summed E-state index contributed by atoms with van der Waals surface area (Å²) >= 11 is 1.40. The summed E-state index contributed by atoms with van der Waals surface area (Å²) in [5.41, 5.74) is 2.89. The molecule has 2 heterocycles. The average Bonchev–Trinajstić information content (AvgIpc) is 3.14. The average molecular weight is 401 g/mol. The first-order chi connectivity index (χ1) is 13.4. The first-order valence-electron chi connectivity index (χ1n) is 8.97. The number of anilines is 1. The van der Waals surface area contributed by atoms with E-state index < -0.39 is 0 Å². The molecule has 0 fully saturated rings. The normalized spacial score (nSPS) is 11.9. The van der Waals surface area contributed by atoms with E-state index in [1.54, 1.807) is 13.2 Å². The van der Waals surface area contributed by atoms with Crippen molar-refractivity contribution in [2.75, 3.05) is 18.5 Å². The van der Waals surface area contributed by atoms with Gasteiger partial charge in [0, 0.05) is 38.4 Å². The highest BCUT2D eigenvalue weighted by Gasteiger charge is 2.15. The van der Waals surface area contributed by atoms with Gasteiger partial charge in [0.1, 0.15) is 5.69 Å². The lowest BCUT2D eigenvalue weighted by molar-refractivity contribution is -0.114. The Hall–Kier alpha value is -2.78. The molecule has 0 aliphatic rings. The fraction of sp³-hybridized carbons (Fsp3) is 0.368. The zero-order valence-electron chi connectivity index (χ0n) is 16.4. The number of rotatable bonds is 6. The van der Waals surface area contributed by atoms with Gasteiger partial charge in [-0.1, -0.05) is 11.3 Å². The van der Waals surface area contributed by atoms with E-state index in [4.69, 9.17) is 4.74 Å². The Balaban J connectivity index is 2.09. The Morgan fingerprint density at radius 1 is 1.36 bits per heavy atom. The van der Waals surface area contributed by atoms with Gasteiger partial charge < -0.3 is 14.6 Å². The van der Waals surface area contributed by atoms with Crippen molar-refractivity contribution in [1.29, 1.82) is 0 Å². The zero-order chi connectivity index (χ0) is 20.3. The summed E-state index contributed by atoms with van der Waals surface area (Å²) in [6.45, 7) is 6.96. The second-order valence-corrected chi connectivity index (χ2v) is 7.32. The third-order valence-electron chi connectivity index (χ3n) is 4.19. The molecule has 0 aliphatic carbocycles. The summed E-state index contributed by atoms with van der Waals surface area (Å²) in [5.74, 6) is -0.469. The molecule has 148 valence electrons. The topological polar surface area (TPSA) is 90.5 Å². The number of nitrogens with one attached hydrogen (secondary N) is 1. The minimum Gasteiger partial charge on any atom is -0.380 e. The molecule has 3 rings (SSSR count). The van der Waals surface area contributed by atoms with Crippen LogP contribution >= 0.6 is 11.3 Å². The molecule has 1 aromatic carbocycles. The van der Waals surface area contributed by atoms with Gasteiger partial charge in [-0.15, -0.1) is 0 Å². The molecule has 9 heteroatoms.